The van der Waals surface area contributed by atoms with Crippen LogP contribution in [-0.4, -0.2) is 0 Å². The standard InChI is InChI=1S/C36H22O2/c1-19-17-27-31-23-11-5-6-12-24(23)32-28-18-20(2)22-10-4-8-14-26(22)36(28)38-30-16-15-29(33(31)34(30)32)37-35(27)25-13-7-3-9-21(19)25/h3-18H,1-2H3. The fourth-order valence-electron chi connectivity index (χ4n) is 6.85. The molecule has 0 aromatic heterocycles. The number of aryl methyl sites for hydroxylation is 2. The average molecular weight is 487 g/mol. The lowest BCUT2D eigenvalue weighted by atomic mass is 9.81. The van der Waals surface area contributed by atoms with Crippen molar-refractivity contribution in [2.45, 2.75) is 13.8 Å². The largest absolute Gasteiger partial charge is 0.455 e. The molecule has 2 nitrogen and oxygen atoms in total. The van der Waals surface area contributed by atoms with Crippen LogP contribution < -0.4 is 9.47 Å². The molecule has 0 fully saturated rings. The van der Waals surface area contributed by atoms with Crippen molar-refractivity contribution in [2.75, 3.05) is 0 Å². The SMILES string of the molecule is Cc1cc2c(c3ccccc13)Oc1ccc3c4c(c5ccccc5c-2c14)-c1cc(C)c2ccccc2c1O3. The lowest BCUT2D eigenvalue weighted by Crippen LogP contribution is -2.05. The molecule has 7 aromatic carbocycles. The Labute approximate surface area is 219 Å². The van der Waals surface area contributed by atoms with E-state index >= 15 is 0 Å². The van der Waals surface area contributed by atoms with Crippen LogP contribution in [0, 0.1) is 13.8 Å². The summed E-state index contributed by atoms with van der Waals surface area (Å²) in [7, 11) is 0. The molecule has 0 saturated carbocycles. The Kier molecular flexibility index (Phi) is 3.70. The lowest BCUT2D eigenvalue weighted by Gasteiger charge is -2.30. The Morgan fingerprint density at radius 2 is 0.789 bits per heavy atom. The number of hydrogen-bond acceptors (Lipinski definition) is 2. The molecule has 38 heavy (non-hydrogen) atoms. The second-order valence-corrected chi connectivity index (χ2v) is 10.5. The summed E-state index contributed by atoms with van der Waals surface area (Å²) >= 11 is 0. The molecule has 0 aliphatic carbocycles. The molecule has 0 atom stereocenters. The van der Waals surface area contributed by atoms with Gasteiger partial charge in [0.1, 0.15) is 23.0 Å². The third-order valence-corrected chi connectivity index (χ3v) is 8.46. The van der Waals surface area contributed by atoms with E-state index in [1.807, 2.05) is 0 Å². The predicted molar refractivity (Wildman–Crippen MR) is 157 cm³/mol. The van der Waals surface area contributed by atoms with Crippen LogP contribution in [0.2, 0.25) is 0 Å². The van der Waals surface area contributed by atoms with Gasteiger partial charge in [-0.3, -0.25) is 0 Å². The van der Waals surface area contributed by atoms with Crippen LogP contribution in [0.4, 0.5) is 0 Å². The highest BCUT2D eigenvalue weighted by Gasteiger charge is 2.32. The first-order valence-corrected chi connectivity index (χ1v) is 13.1. The number of benzene rings is 7. The Hall–Kier alpha value is -4.82. The quantitative estimate of drug-likeness (QED) is 0.198. The van der Waals surface area contributed by atoms with Crippen molar-refractivity contribution in [2.24, 2.45) is 0 Å². The molecule has 2 aliphatic heterocycles. The van der Waals surface area contributed by atoms with E-state index in [1.165, 1.54) is 43.8 Å². The molecule has 0 amide bonds. The van der Waals surface area contributed by atoms with Crippen molar-refractivity contribution in [3.63, 3.8) is 0 Å². The summed E-state index contributed by atoms with van der Waals surface area (Å²) in [5.41, 5.74) is 7.26. The predicted octanol–water partition coefficient (Wildman–Crippen LogP) is 10.5. The van der Waals surface area contributed by atoms with Crippen molar-refractivity contribution in [3.05, 3.63) is 108 Å². The van der Waals surface area contributed by atoms with Gasteiger partial charge < -0.3 is 9.47 Å². The highest BCUT2D eigenvalue weighted by Crippen LogP contribution is 2.60. The van der Waals surface area contributed by atoms with Gasteiger partial charge in [0.2, 0.25) is 0 Å². The molecule has 9 rings (SSSR count). The van der Waals surface area contributed by atoms with Gasteiger partial charge in [0.25, 0.3) is 0 Å². The number of ether oxygens (including phenoxy) is 2. The zero-order valence-electron chi connectivity index (χ0n) is 21.1. The lowest BCUT2D eigenvalue weighted by molar-refractivity contribution is 0.481. The molecule has 2 aliphatic rings. The normalized spacial score (nSPS) is 12.9. The van der Waals surface area contributed by atoms with E-state index in [1.54, 1.807) is 0 Å². The second-order valence-electron chi connectivity index (χ2n) is 10.5. The Bertz CT molecular complexity index is 2050. The molecule has 0 saturated heterocycles. The van der Waals surface area contributed by atoms with Crippen LogP contribution in [0.1, 0.15) is 11.1 Å². The molecular formula is C36H22O2. The zero-order chi connectivity index (χ0) is 25.1. The molecule has 2 heterocycles. The highest BCUT2D eigenvalue weighted by atomic mass is 16.5. The third kappa shape index (κ3) is 2.38. The van der Waals surface area contributed by atoms with Gasteiger partial charge in [0, 0.05) is 43.8 Å². The molecule has 178 valence electrons. The minimum absolute atomic E-state index is 0.886. The first-order valence-electron chi connectivity index (χ1n) is 13.1. The van der Waals surface area contributed by atoms with Gasteiger partial charge in [-0.1, -0.05) is 72.8 Å². The highest BCUT2D eigenvalue weighted by molar-refractivity contribution is 6.28. The molecule has 0 N–H and O–H groups in total. The van der Waals surface area contributed by atoms with Crippen molar-refractivity contribution in [3.8, 4) is 45.3 Å². The first-order chi connectivity index (χ1) is 18.7. The van der Waals surface area contributed by atoms with E-state index in [4.69, 9.17) is 9.47 Å². The minimum Gasteiger partial charge on any atom is -0.455 e. The smallest absolute Gasteiger partial charge is 0.143 e. The van der Waals surface area contributed by atoms with Crippen LogP contribution >= 0.6 is 0 Å². The molecule has 0 spiro atoms. The summed E-state index contributed by atoms with van der Waals surface area (Å²) in [4.78, 5) is 0. The summed E-state index contributed by atoms with van der Waals surface area (Å²) in [6.07, 6.45) is 0. The van der Waals surface area contributed by atoms with E-state index in [9.17, 15) is 0 Å². The minimum atomic E-state index is 0.886. The fraction of sp³-hybridized carbons (Fsp3) is 0.0556. The average Bonchev–Trinajstić information content (AvgIpc) is 2.96. The monoisotopic (exact) mass is 486 g/mol. The maximum absolute atomic E-state index is 6.77. The van der Waals surface area contributed by atoms with Crippen LogP contribution in [0.3, 0.4) is 0 Å². The van der Waals surface area contributed by atoms with E-state index in [2.05, 4.69) is 111 Å². The maximum Gasteiger partial charge on any atom is 0.143 e. The number of fused-ring (bicyclic) bond motifs is 11. The Morgan fingerprint density at radius 3 is 1.21 bits per heavy atom. The molecule has 0 radical (unpaired) electrons. The van der Waals surface area contributed by atoms with Gasteiger partial charge in [0.15, 0.2) is 0 Å². The molecule has 0 bridgehead atoms. The van der Waals surface area contributed by atoms with Gasteiger partial charge in [-0.25, -0.2) is 0 Å². The molecule has 2 heteroatoms. The Morgan fingerprint density at radius 1 is 0.421 bits per heavy atom. The first kappa shape index (κ1) is 20.3. The summed E-state index contributed by atoms with van der Waals surface area (Å²) in [5, 5.41) is 9.50. The Balaban J connectivity index is 1.52. The van der Waals surface area contributed by atoms with Gasteiger partial charge >= 0.3 is 0 Å². The fourth-order valence-corrected chi connectivity index (χ4v) is 6.85. The van der Waals surface area contributed by atoms with Gasteiger partial charge in [-0.15, -0.1) is 0 Å². The maximum atomic E-state index is 6.77. The number of rotatable bonds is 0. The van der Waals surface area contributed by atoms with Crippen molar-refractivity contribution in [1.29, 1.82) is 0 Å². The van der Waals surface area contributed by atoms with Crippen LogP contribution in [0.15, 0.2) is 97.1 Å². The van der Waals surface area contributed by atoms with E-state index < -0.39 is 0 Å². The van der Waals surface area contributed by atoms with E-state index in [0.29, 0.717) is 0 Å². The number of hydrogen-bond donors (Lipinski definition) is 0. The summed E-state index contributed by atoms with van der Waals surface area (Å²) < 4.78 is 13.5. The van der Waals surface area contributed by atoms with Crippen LogP contribution in [-0.2, 0) is 0 Å². The van der Waals surface area contributed by atoms with Crippen molar-refractivity contribution < 1.29 is 9.47 Å². The summed E-state index contributed by atoms with van der Waals surface area (Å²) in [5.74, 6) is 3.64. The van der Waals surface area contributed by atoms with Crippen LogP contribution in [0.25, 0.3) is 65.3 Å². The van der Waals surface area contributed by atoms with Gasteiger partial charge in [-0.05, 0) is 70.8 Å². The van der Waals surface area contributed by atoms with Crippen LogP contribution in [0.5, 0.6) is 23.0 Å². The van der Waals surface area contributed by atoms with Gasteiger partial charge in [0.05, 0.1) is 0 Å². The third-order valence-electron chi connectivity index (χ3n) is 8.46. The summed E-state index contributed by atoms with van der Waals surface area (Å²) in [6, 6.07) is 34.7. The summed E-state index contributed by atoms with van der Waals surface area (Å²) in [6.45, 7) is 4.39. The van der Waals surface area contributed by atoms with Gasteiger partial charge in [-0.2, -0.15) is 0 Å². The van der Waals surface area contributed by atoms with Crippen molar-refractivity contribution >= 4 is 43.1 Å². The zero-order valence-corrected chi connectivity index (χ0v) is 21.1. The molecule has 7 aromatic rings. The van der Waals surface area contributed by atoms with Crippen molar-refractivity contribution in [1.82, 2.24) is 0 Å². The molecular weight excluding hydrogens is 464 g/mol. The van der Waals surface area contributed by atoms with E-state index in [-0.39, 0.29) is 0 Å². The van der Waals surface area contributed by atoms with E-state index in [0.717, 1.165) is 55.7 Å². The molecule has 0 unspecified atom stereocenters. The second kappa shape index (κ2) is 6.93. The topological polar surface area (TPSA) is 18.5 Å².